The molecule has 0 aliphatic rings. The van der Waals surface area contributed by atoms with Gasteiger partial charge in [-0.05, 0) is 54.4 Å². The molecule has 0 saturated heterocycles. The van der Waals surface area contributed by atoms with Gasteiger partial charge in [-0.1, -0.05) is 36.4 Å². The minimum absolute atomic E-state index is 0.831. The molecule has 4 nitrogen and oxygen atoms in total. The van der Waals surface area contributed by atoms with Gasteiger partial charge in [-0.3, -0.25) is 9.97 Å². The zero-order valence-corrected chi connectivity index (χ0v) is 16.7. The van der Waals surface area contributed by atoms with E-state index in [-0.39, 0.29) is 0 Å². The van der Waals surface area contributed by atoms with Crippen LogP contribution in [0.3, 0.4) is 0 Å². The van der Waals surface area contributed by atoms with Gasteiger partial charge in [0.2, 0.25) is 0 Å². The van der Waals surface area contributed by atoms with Gasteiger partial charge in [0.25, 0.3) is 0 Å². The zero-order valence-electron chi connectivity index (χ0n) is 16.7. The highest BCUT2D eigenvalue weighted by molar-refractivity contribution is 5.71. The summed E-state index contributed by atoms with van der Waals surface area (Å²) < 4.78 is 10.6. The molecule has 2 aromatic carbocycles. The Bertz CT molecular complexity index is 1140. The van der Waals surface area contributed by atoms with Gasteiger partial charge < -0.3 is 9.47 Å². The van der Waals surface area contributed by atoms with E-state index in [2.05, 4.69) is 23.2 Å². The molecule has 4 aromatic rings. The monoisotopic (exact) mass is 382 g/mol. The smallest absolute Gasteiger partial charge is 0.119 e. The van der Waals surface area contributed by atoms with Crippen molar-refractivity contribution in [2.75, 3.05) is 14.2 Å². The van der Waals surface area contributed by atoms with Crippen molar-refractivity contribution < 1.29 is 9.47 Å². The minimum Gasteiger partial charge on any atom is -0.497 e. The predicted octanol–water partition coefficient (Wildman–Crippen LogP) is 5.80. The van der Waals surface area contributed by atoms with Crippen LogP contribution >= 0.6 is 0 Å². The standard InChI is InChI=1S/C25H22N2O2/c1-17-23(19-7-5-9-22(15-19)29-3)11-13-25(27-17)24-12-10-20(16-26-24)18-6-4-8-21(14-18)28-2/h4-16H,1-3H3. The molecular weight excluding hydrogens is 360 g/mol. The summed E-state index contributed by atoms with van der Waals surface area (Å²) in [6.07, 6.45) is 1.87. The summed E-state index contributed by atoms with van der Waals surface area (Å²) >= 11 is 0. The lowest BCUT2D eigenvalue weighted by Crippen LogP contribution is -1.94. The zero-order chi connectivity index (χ0) is 20.2. The number of nitrogens with zero attached hydrogens (tertiary/aromatic N) is 2. The number of ether oxygens (including phenoxy) is 2. The predicted molar refractivity (Wildman–Crippen MR) is 116 cm³/mol. The van der Waals surface area contributed by atoms with Crippen LogP contribution in [-0.2, 0) is 0 Å². The van der Waals surface area contributed by atoms with Gasteiger partial charge in [0.05, 0.1) is 25.6 Å². The van der Waals surface area contributed by atoms with Crippen molar-refractivity contribution in [3.8, 4) is 45.1 Å². The molecule has 2 heterocycles. The normalized spacial score (nSPS) is 10.6. The number of methoxy groups -OCH3 is 2. The highest BCUT2D eigenvalue weighted by Crippen LogP contribution is 2.29. The molecule has 0 N–H and O–H groups in total. The Morgan fingerprint density at radius 3 is 1.93 bits per heavy atom. The van der Waals surface area contributed by atoms with Crippen LogP contribution in [0.1, 0.15) is 5.69 Å². The van der Waals surface area contributed by atoms with Crippen molar-refractivity contribution in [2.45, 2.75) is 6.92 Å². The Labute approximate surface area is 170 Å². The first kappa shape index (κ1) is 18.7. The molecular formula is C25H22N2O2. The SMILES string of the molecule is COc1cccc(-c2ccc(-c3ccc(-c4cccc(OC)c4)c(C)n3)nc2)c1. The molecule has 0 aliphatic carbocycles. The van der Waals surface area contributed by atoms with Gasteiger partial charge in [-0.25, -0.2) is 0 Å². The van der Waals surface area contributed by atoms with E-state index in [0.29, 0.717) is 0 Å². The molecule has 0 saturated carbocycles. The van der Waals surface area contributed by atoms with Crippen LogP contribution in [-0.4, -0.2) is 24.2 Å². The van der Waals surface area contributed by atoms with Gasteiger partial charge in [0.1, 0.15) is 11.5 Å². The van der Waals surface area contributed by atoms with Crippen LogP contribution in [0.2, 0.25) is 0 Å². The van der Waals surface area contributed by atoms with Gasteiger partial charge >= 0.3 is 0 Å². The van der Waals surface area contributed by atoms with Crippen molar-refractivity contribution in [2.24, 2.45) is 0 Å². The van der Waals surface area contributed by atoms with E-state index in [1.807, 2.05) is 67.7 Å². The lowest BCUT2D eigenvalue weighted by atomic mass is 10.0. The fourth-order valence-corrected chi connectivity index (χ4v) is 3.32. The molecule has 144 valence electrons. The Kier molecular flexibility index (Phi) is 5.25. The van der Waals surface area contributed by atoms with Crippen LogP contribution < -0.4 is 9.47 Å². The first-order chi connectivity index (χ1) is 14.2. The lowest BCUT2D eigenvalue weighted by molar-refractivity contribution is 0.415. The average molecular weight is 382 g/mol. The lowest BCUT2D eigenvalue weighted by Gasteiger charge is -2.10. The van der Waals surface area contributed by atoms with Crippen molar-refractivity contribution in [1.29, 1.82) is 0 Å². The van der Waals surface area contributed by atoms with E-state index in [0.717, 1.165) is 50.8 Å². The molecule has 0 aliphatic heterocycles. The maximum atomic E-state index is 5.33. The summed E-state index contributed by atoms with van der Waals surface area (Å²) in [6, 6.07) is 24.1. The minimum atomic E-state index is 0.831. The van der Waals surface area contributed by atoms with Crippen LogP contribution in [0.4, 0.5) is 0 Å². The highest BCUT2D eigenvalue weighted by Gasteiger charge is 2.09. The number of aryl methyl sites for hydroxylation is 1. The van der Waals surface area contributed by atoms with Crippen molar-refractivity contribution in [3.05, 3.63) is 84.7 Å². The third-order valence-electron chi connectivity index (χ3n) is 4.90. The van der Waals surface area contributed by atoms with E-state index < -0.39 is 0 Å². The molecule has 4 heteroatoms. The second-order valence-electron chi connectivity index (χ2n) is 6.73. The maximum Gasteiger partial charge on any atom is 0.119 e. The second kappa shape index (κ2) is 8.15. The molecule has 0 atom stereocenters. The first-order valence-electron chi connectivity index (χ1n) is 9.41. The molecule has 0 fully saturated rings. The van der Waals surface area contributed by atoms with Crippen LogP contribution in [0, 0.1) is 6.92 Å². The summed E-state index contributed by atoms with van der Waals surface area (Å²) in [5.74, 6) is 1.66. The van der Waals surface area contributed by atoms with Crippen molar-refractivity contribution in [3.63, 3.8) is 0 Å². The van der Waals surface area contributed by atoms with Crippen LogP contribution in [0.5, 0.6) is 11.5 Å². The number of pyridine rings is 2. The van der Waals surface area contributed by atoms with E-state index in [1.165, 1.54) is 0 Å². The fourth-order valence-electron chi connectivity index (χ4n) is 3.32. The van der Waals surface area contributed by atoms with E-state index in [1.54, 1.807) is 14.2 Å². The topological polar surface area (TPSA) is 44.2 Å². The molecule has 0 amide bonds. The van der Waals surface area contributed by atoms with E-state index in [4.69, 9.17) is 14.5 Å². The van der Waals surface area contributed by atoms with Gasteiger partial charge in [-0.2, -0.15) is 0 Å². The summed E-state index contributed by atoms with van der Waals surface area (Å²) in [7, 11) is 3.35. The Hall–Kier alpha value is -3.66. The Morgan fingerprint density at radius 1 is 0.655 bits per heavy atom. The highest BCUT2D eigenvalue weighted by atomic mass is 16.5. The number of rotatable bonds is 5. The maximum absolute atomic E-state index is 5.33. The van der Waals surface area contributed by atoms with Crippen LogP contribution in [0.25, 0.3) is 33.6 Å². The molecule has 0 unspecified atom stereocenters. The first-order valence-corrected chi connectivity index (χ1v) is 9.41. The number of benzene rings is 2. The molecule has 0 spiro atoms. The van der Waals surface area contributed by atoms with Gasteiger partial charge in [0.15, 0.2) is 0 Å². The average Bonchev–Trinajstić information content (AvgIpc) is 2.79. The number of hydrogen-bond donors (Lipinski definition) is 0. The van der Waals surface area contributed by atoms with Crippen LogP contribution in [0.15, 0.2) is 79.0 Å². The van der Waals surface area contributed by atoms with Gasteiger partial charge in [0, 0.05) is 23.0 Å². The third-order valence-corrected chi connectivity index (χ3v) is 4.90. The fraction of sp³-hybridized carbons (Fsp3) is 0.120. The largest absolute Gasteiger partial charge is 0.497 e. The Balaban J connectivity index is 1.62. The quantitative estimate of drug-likeness (QED) is 0.437. The van der Waals surface area contributed by atoms with Crippen molar-refractivity contribution >= 4 is 0 Å². The molecule has 0 radical (unpaired) electrons. The van der Waals surface area contributed by atoms with E-state index >= 15 is 0 Å². The third kappa shape index (κ3) is 3.97. The molecule has 4 rings (SSSR count). The number of aromatic nitrogens is 2. The molecule has 0 bridgehead atoms. The summed E-state index contributed by atoms with van der Waals surface area (Å²) in [5.41, 5.74) is 6.93. The second-order valence-corrected chi connectivity index (χ2v) is 6.73. The molecule has 2 aromatic heterocycles. The Morgan fingerprint density at radius 2 is 1.31 bits per heavy atom. The summed E-state index contributed by atoms with van der Waals surface area (Å²) in [6.45, 7) is 2.02. The summed E-state index contributed by atoms with van der Waals surface area (Å²) in [4.78, 5) is 9.41. The van der Waals surface area contributed by atoms with Crippen molar-refractivity contribution in [1.82, 2.24) is 9.97 Å². The van der Waals surface area contributed by atoms with E-state index in [9.17, 15) is 0 Å². The summed E-state index contributed by atoms with van der Waals surface area (Å²) in [5, 5.41) is 0. The molecule has 29 heavy (non-hydrogen) atoms. The number of hydrogen-bond acceptors (Lipinski definition) is 4. The van der Waals surface area contributed by atoms with Gasteiger partial charge in [-0.15, -0.1) is 0 Å².